The first-order valence-corrected chi connectivity index (χ1v) is 9.40. The van der Waals surface area contributed by atoms with Gasteiger partial charge in [-0.3, -0.25) is 9.69 Å². The van der Waals surface area contributed by atoms with Crippen LogP contribution < -0.4 is 20.1 Å². The number of fused-ring (bicyclic) bond motifs is 1. The minimum Gasteiger partial charge on any atom is -0.486 e. The largest absolute Gasteiger partial charge is 0.486 e. The van der Waals surface area contributed by atoms with E-state index in [0.29, 0.717) is 19.2 Å². The van der Waals surface area contributed by atoms with Crippen LogP contribution in [0.3, 0.4) is 0 Å². The van der Waals surface area contributed by atoms with E-state index in [4.69, 9.17) is 9.47 Å². The van der Waals surface area contributed by atoms with Crippen LogP contribution in [-0.4, -0.2) is 61.8 Å². The lowest BCUT2D eigenvalue weighted by Gasteiger charge is -2.36. The predicted octanol–water partition coefficient (Wildman–Crippen LogP) is 1.16. The third-order valence-corrected chi connectivity index (χ3v) is 5.03. The van der Waals surface area contributed by atoms with Crippen molar-refractivity contribution in [2.24, 2.45) is 0 Å². The van der Waals surface area contributed by atoms with Gasteiger partial charge in [0.05, 0.1) is 6.54 Å². The molecule has 136 valence electrons. The minimum atomic E-state index is 0.0425. The summed E-state index contributed by atoms with van der Waals surface area (Å²) >= 11 is 0. The summed E-state index contributed by atoms with van der Waals surface area (Å²) in [5.41, 5.74) is 0. The third-order valence-electron chi connectivity index (χ3n) is 5.03. The van der Waals surface area contributed by atoms with Gasteiger partial charge < -0.3 is 20.1 Å². The zero-order valence-electron chi connectivity index (χ0n) is 14.6. The molecule has 1 aromatic rings. The number of likely N-dealkylation sites (tertiary alicyclic amines) is 1. The number of amides is 1. The van der Waals surface area contributed by atoms with Crippen molar-refractivity contribution < 1.29 is 14.3 Å². The van der Waals surface area contributed by atoms with Gasteiger partial charge in [0.2, 0.25) is 5.91 Å². The quantitative estimate of drug-likeness (QED) is 0.810. The number of carbonyl (C=O) groups is 1. The molecule has 2 atom stereocenters. The molecule has 2 heterocycles. The van der Waals surface area contributed by atoms with Gasteiger partial charge in [-0.1, -0.05) is 12.1 Å². The van der Waals surface area contributed by atoms with E-state index < -0.39 is 0 Å². The summed E-state index contributed by atoms with van der Waals surface area (Å²) in [5, 5.41) is 6.44. The molecule has 0 radical (unpaired) electrons. The maximum atomic E-state index is 12.0. The van der Waals surface area contributed by atoms with Crippen LogP contribution in [0.15, 0.2) is 24.3 Å². The van der Waals surface area contributed by atoms with E-state index >= 15 is 0 Å². The molecule has 1 amide bonds. The fraction of sp³-hybridized carbons (Fsp3) is 0.632. The Morgan fingerprint density at radius 3 is 2.84 bits per heavy atom. The molecule has 6 nitrogen and oxygen atoms in total. The Labute approximate surface area is 148 Å². The summed E-state index contributed by atoms with van der Waals surface area (Å²) < 4.78 is 11.9. The number of nitrogens with one attached hydrogen (secondary N) is 2. The van der Waals surface area contributed by atoms with E-state index in [1.54, 1.807) is 0 Å². The van der Waals surface area contributed by atoms with Crippen LogP contribution in [0.5, 0.6) is 11.5 Å². The number of piperidine rings is 1. The molecule has 25 heavy (non-hydrogen) atoms. The Hall–Kier alpha value is -1.79. The van der Waals surface area contributed by atoms with E-state index in [-0.39, 0.29) is 18.1 Å². The summed E-state index contributed by atoms with van der Waals surface area (Å²) in [7, 11) is 0. The molecule has 2 fully saturated rings. The third kappa shape index (κ3) is 4.64. The molecule has 1 saturated heterocycles. The lowest BCUT2D eigenvalue weighted by atomic mass is 10.1. The van der Waals surface area contributed by atoms with Crippen LogP contribution in [0.1, 0.15) is 25.7 Å². The summed E-state index contributed by atoms with van der Waals surface area (Å²) in [5.74, 6) is 1.77. The van der Waals surface area contributed by atoms with Gasteiger partial charge in [0.15, 0.2) is 11.5 Å². The van der Waals surface area contributed by atoms with E-state index in [0.717, 1.165) is 44.0 Å². The second kappa shape index (κ2) is 7.62. The number of hydrogen-bond donors (Lipinski definition) is 2. The molecule has 2 aliphatic heterocycles. The highest BCUT2D eigenvalue weighted by Crippen LogP contribution is 2.31. The fourth-order valence-corrected chi connectivity index (χ4v) is 3.58. The first-order chi connectivity index (χ1) is 12.3. The van der Waals surface area contributed by atoms with Crippen LogP contribution in [0, 0.1) is 0 Å². The summed E-state index contributed by atoms with van der Waals surface area (Å²) in [6.07, 6.45) is 4.61. The van der Waals surface area contributed by atoms with Crippen molar-refractivity contribution in [1.29, 1.82) is 0 Å². The summed E-state index contributed by atoms with van der Waals surface area (Å²) in [6.45, 7) is 3.79. The first-order valence-electron chi connectivity index (χ1n) is 9.40. The lowest BCUT2D eigenvalue weighted by molar-refractivity contribution is -0.121. The summed E-state index contributed by atoms with van der Waals surface area (Å²) in [6, 6.07) is 8.62. The Kier molecular flexibility index (Phi) is 5.08. The molecule has 0 unspecified atom stereocenters. The first kappa shape index (κ1) is 16.7. The number of ether oxygens (including phenoxy) is 2. The van der Waals surface area contributed by atoms with Crippen LogP contribution in [0.25, 0.3) is 0 Å². The highest BCUT2D eigenvalue weighted by Gasteiger charge is 2.27. The van der Waals surface area contributed by atoms with Gasteiger partial charge in [-0.25, -0.2) is 0 Å². The van der Waals surface area contributed by atoms with Crippen molar-refractivity contribution >= 4 is 5.91 Å². The fourth-order valence-electron chi connectivity index (χ4n) is 3.58. The number of benzene rings is 1. The average Bonchev–Trinajstić information content (AvgIpc) is 3.45. The molecule has 2 N–H and O–H groups in total. The molecule has 0 spiro atoms. The number of rotatable bonds is 6. The molecule has 1 aromatic carbocycles. The zero-order chi connectivity index (χ0) is 17.1. The Morgan fingerprint density at radius 2 is 2.00 bits per heavy atom. The topological polar surface area (TPSA) is 62.8 Å². The number of carbonyl (C=O) groups excluding carboxylic acids is 1. The van der Waals surface area contributed by atoms with Crippen molar-refractivity contribution in [3.63, 3.8) is 0 Å². The second-order valence-corrected chi connectivity index (χ2v) is 7.32. The predicted molar refractivity (Wildman–Crippen MR) is 95.0 cm³/mol. The van der Waals surface area contributed by atoms with Gasteiger partial charge in [0, 0.05) is 25.2 Å². The Balaban J connectivity index is 1.23. The van der Waals surface area contributed by atoms with E-state index in [1.807, 2.05) is 24.3 Å². The number of para-hydroxylation sites is 2. The van der Waals surface area contributed by atoms with Crippen molar-refractivity contribution in [2.45, 2.75) is 43.9 Å². The van der Waals surface area contributed by atoms with Gasteiger partial charge >= 0.3 is 0 Å². The zero-order valence-corrected chi connectivity index (χ0v) is 14.6. The highest BCUT2D eigenvalue weighted by atomic mass is 16.6. The van der Waals surface area contributed by atoms with Gasteiger partial charge in [0.1, 0.15) is 12.7 Å². The maximum Gasteiger partial charge on any atom is 0.234 e. The van der Waals surface area contributed by atoms with Gasteiger partial charge in [-0.05, 0) is 44.4 Å². The van der Waals surface area contributed by atoms with Crippen LogP contribution in [0.4, 0.5) is 0 Å². The molecule has 3 aliphatic rings. The standard InChI is InChI=1S/C19H27N3O3/c23-19(10-20-14-7-8-14)21-15-4-3-9-22(11-15)12-16-13-24-17-5-1-2-6-18(17)25-16/h1-2,5-6,14-16,20H,3-4,7-13H2,(H,21,23)/t15-,16-/m0/s1. The lowest BCUT2D eigenvalue weighted by Crippen LogP contribution is -2.52. The van der Waals surface area contributed by atoms with Crippen molar-refractivity contribution in [2.75, 3.05) is 32.8 Å². The maximum absolute atomic E-state index is 12.0. The van der Waals surface area contributed by atoms with Crippen LogP contribution in [-0.2, 0) is 4.79 Å². The van der Waals surface area contributed by atoms with Crippen molar-refractivity contribution in [3.8, 4) is 11.5 Å². The number of hydrogen-bond acceptors (Lipinski definition) is 5. The second-order valence-electron chi connectivity index (χ2n) is 7.32. The van der Waals surface area contributed by atoms with Crippen molar-refractivity contribution in [1.82, 2.24) is 15.5 Å². The molecule has 0 bridgehead atoms. The molecule has 1 saturated carbocycles. The molecular formula is C19H27N3O3. The Bertz CT molecular complexity index is 605. The monoisotopic (exact) mass is 345 g/mol. The van der Waals surface area contributed by atoms with Gasteiger partial charge in [0.25, 0.3) is 0 Å². The normalized spacial score (nSPS) is 26.2. The molecule has 6 heteroatoms. The summed E-state index contributed by atoms with van der Waals surface area (Å²) in [4.78, 5) is 14.4. The number of nitrogens with zero attached hydrogens (tertiary/aromatic N) is 1. The minimum absolute atomic E-state index is 0.0425. The molecule has 1 aliphatic carbocycles. The molecule has 4 rings (SSSR count). The smallest absolute Gasteiger partial charge is 0.234 e. The average molecular weight is 345 g/mol. The van der Waals surface area contributed by atoms with Crippen LogP contribution >= 0.6 is 0 Å². The van der Waals surface area contributed by atoms with E-state index in [1.165, 1.54) is 12.8 Å². The van der Waals surface area contributed by atoms with E-state index in [2.05, 4.69) is 15.5 Å². The highest BCUT2D eigenvalue weighted by molar-refractivity contribution is 5.78. The van der Waals surface area contributed by atoms with E-state index in [9.17, 15) is 4.79 Å². The van der Waals surface area contributed by atoms with Crippen molar-refractivity contribution in [3.05, 3.63) is 24.3 Å². The van der Waals surface area contributed by atoms with Gasteiger partial charge in [-0.15, -0.1) is 0 Å². The molecule has 0 aromatic heterocycles. The Morgan fingerprint density at radius 1 is 1.16 bits per heavy atom. The molecular weight excluding hydrogens is 318 g/mol. The van der Waals surface area contributed by atoms with Gasteiger partial charge in [-0.2, -0.15) is 0 Å². The SMILES string of the molecule is O=C(CNC1CC1)N[C@H]1CCCN(C[C@H]2COc3ccccc3O2)C1. The van der Waals surface area contributed by atoms with Crippen LogP contribution in [0.2, 0.25) is 0 Å².